The van der Waals surface area contributed by atoms with E-state index in [4.69, 9.17) is 14.2 Å². The predicted molar refractivity (Wildman–Crippen MR) is 70.3 cm³/mol. The summed E-state index contributed by atoms with van der Waals surface area (Å²) in [6.45, 7) is 0.774. The Labute approximate surface area is 108 Å². The molecule has 1 aliphatic rings. The van der Waals surface area contributed by atoms with Crippen molar-refractivity contribution < 1.29 is 14.2 Å². The number of hydrogen-bond donors (Lipinski definition) is 1. The molecular formula is C14H21NO3. The van der Waals surface area contributed by atoms with Crippen molar-refractivity contribution in [2.75, 3.05) is 27.9 Å². The number of ether oxygens (including phenoxy) is 3. The van der Waals surface area contributed by atoms with Gasteiger partial charge in [-0.25, -0.2) is 0 Å². The highest BCUT2D eigenvalue weighted by Crippen LogP contribution is 2.36. The normalized spacial score (nSPS) is 23.7. The van der Waals surface area contributed by atoms with E-state index in [2.05, 4.69) is 5.32 Å². The van der Waals surface area contributed by atoms with Crippen molar-refractivity contribution in [2.24, 2.45) is 0 Å². The number of benzene rings is 1. The maximum Gasteiger partial charge on any atom is 0.124 e. The molecule has 0 amide bonds. The molecule has 1 N–H and O–H groups in total. The van der Waals surface area contributed by atoms with Crippen molar-refractivity contribution in [1.29, 1.82) is 0 Å². The lowest BCUT2D eigenvalue weighted by Crippen LogP contribution is -2.33. The molecule has 2 atom stereocenters. The fraction of sp³-hybridized carbons (Fsp3) is 0.571. The molecule has 1 aromatic rings. The summed E-state index contributed by atoms with van der Waals surface area (Å²) in [6.07, 6.45) is 2.08. The van der Waals surface area contributed by atoms with E-state index < -0.39 is 0 Å². The minimum Gasteiger partial charge on any atom is -0.497 e. The molecule has 2 unspecified atom stereocenters. The Balaban J connectivity index is 2.24. The Morgan fingerprint density at radius 1 is 1.28 bits per heavy atom. The molecule has 0 aliphatic carbocycles. The highest BCUT2D eigenvalue weighted by molar-refractivity contribution is 5.42. The second-order valence-electron chi connectivity index (χ2n) is 4.48. The van der Waals surface area contributed by atoms with Crippen LogP contribution >= 0.6 is 0 Å². The van der Waals surface area contributed by atoms with Crippen LogP contribution in [0.25, 0.3) is 0 Å². The third-order valence-electron chi connectivity index (χ3n) is 3.48. The van der Waals surface area contributed by atoms with Gasteiger partial charge in [0.05, 0.1) is 20.3 Å². The van der Waals surface area contributed by atoms with Crippen LogP contribution in [0, 0.1) is 0 Å². The van der Waals surface area contributed by atoms with Crippen LogP contribution in [0.15, 0.2) is 18.2 Å². The largest absolute Gasteiger partial charge is 0.497 e. The molecule has 0 radical (unpaired) electrons. The highest BCUT2D eigenvalue weighted by atomic mass is 16.5. The quantitative estimate of drug-likeness (QED) is 0.890. The van der Waals surface area contributed by atoms with Crippen LogP contribution in [0.5, 0.6) is 11.5 Å². The monoisotopic (exact) mass is 251 g/mol. The van der Waals surface area contributed by atoms with Crippen LogP contribution in [0.1, 0.15) is 24.5 Å². The van der Waals surface area contributed by atoms with E-state index in [-0.39, 0.29) is 6.10 Å². The molecule has 0 aromatic heterocycles. The molecule has 2 rings (SSSR count). The predicted octanol–water partition coefficient (Wildman–Crippen LogP) is 2.14. The van der Waals surface area contributed by atoms with Gasteiger partial charge in [-0.3, -0.25) is 0 Å². The molecule has 18 heavy (non-hydrogen) atoms. The average molecular weight is 251 g/mol. The highest BCUT2D eigenvalue weighted by Gasteiger charge is 2.25. The van der Waals surface area contributed by atoms with Crippen molar-refractivity contribution in [1.82, 2.24) is 5.32 Å². The summed E-state index contributed by atoms with van der Waals surface area (Å²) < 4.78 is 16.5. The summed E-state index contributed by atoms with van der Waals surface area (Å²) in [5.74, 6) is 1.69. The van der Waals surface area contributed by atoms with Gasteiger partial charge in [0, 0.05) is 18.2 Å². The van der Waals surface area contributed by atoms with Gasteiger partial charge in [0.15, 0.2) is 0 Å². The summed E-state index contributed by atoms with van der Waals surface area (Å²) in [7, 11) is 5.35. The van der Waals surface area contributed by atoms with Gasteiger partial charge in [0.25, 0.3) is 0 Å². The zero-order chi connectivity index (χ0) is 13.0. The summed E-state index contributed by atoms with van der Waals surface area (Å²) in [5.41, 5.74) is 1.07. The Morgan fingerprint density at radius 2 is 2.11 bits per heavy atom. The Hall–Kier alpha value is -1.26. The Bertz CT molecular complexity index is 395. The third-order valence-corrected chi connectivity index (χ3v) is 3.48. The van der Waals surface area contributed by atoms with Gasteiger partial charge in [0.1, 0.15) is 11.5 Å². The molecule has 0 spiro atoms. The SMILES string of the molecule is CNC1CCOC(c2cc(OC)ccc2OC)C1. The van der Waals surface area contributed by atoms with Crippen molar-refractivity contribution in [3.05, 3.63) is 23.8 Å². The van der Waals surface area contributed by atoms with Gasteiger partial charge >= 0.3 is 0 Å². The lowest BCUT2D eigenvalue weighted by molar-refractivity contribution is 0.000217. The lowest BCUT2D eigenvalue weighted by Gasteiger charge is -2.30. The van der Waals surface area contributed by atoms with E-state index in [0.717, 1.165) is 36.5 Å². The van der Waals surface area contributed by atoms with Crippen LogP contribution < -0.4 is 14.8 Å². The number of methoxy groups -OCH3 is 2. The second kappa shape index (κ2) is 6.07. The molecule has 1 heterocycles. The van der Waals surface area contributed by atoms with Crippen LogP contribution in [-0.2, 0) is 4.74 Å². The first-order valence-corrected chi connectivity index (χ1v) is 6.29. The van der Waals surface area contributed by atoms with E-state index in [1.807, 2.05) is 25.2 Å². The van der Waals surface area contributed by atoms with Crippen LogP contribution in [0.2, 0.25) is 0 Å². The molecule has 1 aromatic carbocycles. The van der Waals surface area contributed by atoms with Crippen molar-refractivity contribution >= 4 is 0 Å². The molecule has 0 saturated carbocycles. The zero-order valence-electron chi connectivity index (χ0n) is 11.2. The summed E-state index contributed by atoms with van der Waals surface area (Å²) in [5, 5.41) is 3.32. The summed E-state index contributed by atoms with van der Waals surface area (Å²) >= 11 is 0. The van der Waals surface area contributed by atoms with Crippen LogP contribution in [0.3, 0.4) is 0 Å². The second-order valence-corrected chi connectivity index (χ2v) is 4.48. The minimum atomic E-state index is 0.0706. The van der Waals surface area contributed by atoms with Gasteiger partial charge in [-0.15, -0.1) is 0 Å². The number of hydrogen-bond acceptors (Lipinski definition) is 4. The third kappa shape index (κ3) is 2.76. The number of nitrogens with one attached hydrogen (secondary N) is 1. The fourth-order valence-electron chi connectivity index (χ4n) is 2.37. The van der Waals surface area contributed by atoms with Gasteiger partial charge in [-0.1, -0.05) is 0 Å². The minimum absolute atomic E-state index is 0.0706. The molecule has 1 aliphatic heterocycles. The average Bonchev–Trinajstić information content (AvgIpc) is 2.46. The summed E-state index contributed by atoms with van der Waals surface area (Å²) in [4.78, 5) is 0. The molecule has 4 nitrogen and oxygen atoms in total. The molecule has 4 heteroatoms. The molecule has 1 fully saturated rings. The van der Waals surface area contributed by atoms with E-state index in [9.17, 15) is 0 Å². The van der Waals surface area contributed by atoms with Crippen molar-refractivity contribution in [2.45, 2.75) is 25.0 Å². The Morgan fingerprint density at radius 3 is 2.78 bits per heavy atom. The first-order chi connectivity index (χ1) is 8.78. The van der Waals surface area contributed by atoms with Gasteiger partial charge in [-0.05, 0) is 38.1 Å². The van der Waals surface area contributed by atoms with Crippen LogP contribution in [0.4, 0.5) is 0 Å². The van der Waals surface area contributed by atoms with Crippen LogP contribution in [-0.4, -0.2) is 33.9 Å². The molecule has 1 saturated heterocycles. The number of rotatable bonds is 4. The first-order valence-electron chi connectivity index (χ1n) is 6.29. The maximum absolute atomic E-state index is 5.86. The van der Waals surface area contributed by atoms with Crippen molar-refractivity contribution in [3.63, 3.8) is 0 Å². The lowest BCUT2D eigenvalue weighted by atomic mass is 9.96. The zero-order valence-corrected chi connectivity index (χ0v) is 11.2. The summed E-state index contributed by atoms with van der Waals surface area (Å²) in [6, 6.07) is 6.34. The van der Waals surface area contributed by atoms with E-state index in [1.165, 1.54) is 0 Å². The molecular weight excluding hydrogens is 230 g/mol. The fourth-order valence-corrected chi connectivity index (χ4v) is 2.37. The van der Waals surface area contributed by atoms with E-state index in [1.54, 1.807) is 14.2 Å². The molecule has 100 valence electrons. The Kier molecular flexibility index (Phi) is 4.44. The smallest absolute Gasteiger partial charge is 0.124 e. The standard InChI is InChI=1S/C14H21NO3/c1-15-10-6-7-18-14(8-10)12-9-11(16-2)4-5-13(12)17-3/h4-5,9-10,14-15H,6-8H2,1-3H3. The van der Waals surface area contributed by atoms with E-state index >= 15 is 0 Å². The molecule has 0 bridgehead atoms. The van der Waals surface area contributed by atoms with Gasteiger partial charge in [0.2, 0.25) is 0 Å². The maximum atomic E-state index is 5.86. The van der Waals surface area contributed by atoms with E-state index in [0.29, 0.717) is 6.04 Å². The van der Waals surface area contributed by atoms with Crippen molar-refractivity contribution in [3.8, 4) is 11.5 Å². The van der Waals surface area contributed by atoms with Gasteiger partial charge < -0.3 is 19.5 Å². The topological polar surface area (TPSA) is 39.7 Å². The van der Waals surface area contributed by atoms with Gasteiger partial charge in [-0.2, -0.15) is 0 Å². The first kappa shape index (κ1) is 13.2.